The van der Waals surface area contributed by atoms with Crippen molar-refractivity contribution >= 4 is 51.7 Å². The Morgan fingerprint density at radius 1 is 0.296 bits per heavy atom. The van der Waals surface area contributed by atoms with E-state index in [1.807, 2.05) is 0 Å². The van der Waals surface area contributed by atoms with Gasteiger partial charge in [-0.2, -0.15) is 12.6 Å². The quantitative estimate of drug-likeness (QED) is 0.0275. The van der Waals surface area contributed by atoms with E-state index in [1.165, 1.54) is 0 Å². The Labute approximate surface area is 511 Å². The first kappa shape index (κ1) is 78.2. The SMILES string of the molecule is CC/C=C\C/C=C\C/C=C\C/C=C\C/C=C\C/C=C\CCC(=O)CCCS.CC/C=C\C/C=C\C/C=C\C/C=C\C/C=C\C/C=C\CCC(=O)CCCSSCCNC(=O)CC/C=C\C/C=C\C/C=C\C/C=C\C/C=C\C/C=C\CC. The topological polar surface area (TPSA) is 63.2 Å². The molecule has 0 saturated carbocycles. The fraction of sp³-hybridized carbons (Fsp3) is 0.473. The van der Waals surface area contributed by atoms with Gasteiger partial charge in [0.05, 0.1) is 0 Å². The molecule has 1 amide bonds. The summed E-state index contributed by atoms with van der Waals surface area (Å²) in [5.41, 5.74) is 0. The molecule has 0 saturated heterocycles. The average molecular weight is 1160 g/mol. The highest BCUT2D eigenvalue weighted by Gasteiger charge is 2.02. The molecule has 0 bridgehead atoms. The molecule has 448 valence electrons. The molecule has 4 nitrogen and oxygen atoms in total. The van der Waals surface area contributed by atoms with Gasteiger partial charge in [-0.25, -0.2) is 0 Å². The Morgan fingerprint density at radius 2 is 0.531 bits per heavy atom. The molecule has 0 spiro atoms. The zero-order valence-corrected chi connectivity index (χ0v) is 53.4. The van der Waals surface area contributed by atoms with Gasteiger partial charge in [0.2, 0.25) is 5.91 Å². The first-order valence-electron chi connectivity index (χ1n) is 30.9. The zero-order chi connectivity index (χ0) is 58.9. The lowest BCUT2D eigenvalue weighted by Crippen LogP contribution is -2.25. The number of carbonyl (C=O) groups excluding carboxylic acids is 3. The lowest BCUT2D eigenvalue weighted by Gasteiger charge is -2.04. The summed E-state index contributed by atoms with van der Waals surface area (Å²) in [7, 11) is 3.56. The molecule has 0 heterocycles. The van der Waals surface area contributed by atoms with Crippen LogP contribution in [0.1, 0.15) is 201 Å². The second-order valence-corrected chi connectivity index (χ2v) is 22.0. The van der Waals surface area contributed by atoms with Crippen molar-refractivity contribution in [3.63, 3.8) is 0 Å². The molecule has 81 heavy (non-hydrogen) atoms. The maximum atomic E-state index is 12.2. The van der Waals surface area contributed by atoms with Gasteiger partial charge in [0, 0.05) is 50.2 Å². The van der Waals surface area contributed by atoms with Crippen LogP contribution in [0, 0.1) is 0 Å². The molecule has 1 N–H and O–H groups in total. The molecule has 7 heteroatoms. The number of hydrogen-bond donors (Lipinski definition) is 2. The van der Waals surface area contributed by atoms with Crippen LogP contribution in [-0.4, -0.2) is 41.3 Å². The number of allylic oxidation sites excluding steroid dienone is 36. The lowest BCUT2D eigenvalue weighted by molar-refractivity contribution is -0.121. The van der Waals surface area contributed by atoms with E-state index >= 15 is 0 Å². The molecule has 0 radical (unpaired) electrons. The van der Waals surface area contributed by atoms with Crippen molar-refractivity contribution in [2.75, 3.05) is 23.8 Å². The molecule has 0 fully saturated rings. The van der Waals surface area contributed by atoms with Gasteiger partial charge < -0.3 is 5.32 Å². The van der Waals surface area contributed by atoms with Crippen molar-refractivity contribution < 1.29 is 14.4 Å². The highest BCUT2D eigenvalue weighted by molar-refractivity contribution is 8.76. The molecular formula is C74H111NO3S3. The number of carbonyl (C=O) groups is 3. The van der Waals surface area contributed by atoms with E-state index in [2.05, 4.69) is 257 Å². The monoisotopic (exact) mass is 1160 g/mol. The largest absolute Gasteiger partial charge is 0.355 e. The zero-order valence-electron chi connectivity index (χ0n) is 50.9. The summed E-state index contributed by atoms with van der Waals surface area (Å²) in [4.78, 5) is 35.7. The Bertz CT molecular complexity index is 1910. The summed E-state index contributed by atoms with van der Waals surface area (Å²) in [6, 6.07) is 0. The van der Waals surface area contributed by atoms with Crippen molar-refractivity contribution in [3.8, 4) is 0 Å². The van der Waals surface area contributed by atoms with Gasteiger partial charge in [-0.15, -0.1) is 0 Å². The molecule has 0 aromatic heterocycles. The summed E-state index contributed by atoms with van der Waals surface area (Å²) < 4.78 is 0. The van der Waals surface area contributed by atoms with E-state index in [4.69, 9.17) is 0 Å². The minimum absolute atomic E-state index is 0.109. The predicted molar refractivity (Wildman–Crippen MR) is 373 cm³/mol. The molecule has 0 aromatic carbocycles. The minimum Gasteiger partial charge on any atom is -0.355 e. The van der Waals surface area contributed by atoms with Crippen molar-refractivity contribution in [2.45, 2.75) is 201 Å². The summed E-state index contributed by atoms with van der Waals surface area (Å²) >= 11 is 4.12. The van der Waals surface area contributed by atoms with Crippen LogP contribution >= 0.6 is 34.2 Å². The molecule has 0 rings (SSSR count). The van der Waals surface area contributed by atoms with E-state index in [-0.39, 0.29) is 5.91 Å². The third-order valence-corrected chi connectivity index (χ3v) is 14.2. The fourth-order valence-corrected chi connectivity index (χ4v) is 9.07. The first-order chi connectivity index (χ1) is 40.0. The van der Waals surface area contributed by atoms with Crippen LogP contribution in [0.15, 0.2) is 219 Å². The van der Waals surface area contributed by atoms with E-state index in [0.29, 0.717) is 50.2 Å². The molecule has 0 aliphatic carbocycles. The van der Waals surface area contributed by atoms with E-state index in [9.17, 15) is 14.4 Å². The second kappa shape index (κ2) is 73.2. The van der Waals surface area contributed by atoms with Gasteiger partial charge in [-0.3, -0.25) is 14.4 Å². The summed E-state index contributed by atoms with van der Waals surface area (Å²) in [5, 5.41) is 3.01. The number of rotatable bonds is 53. The molecule has 0 aliphatic rings. The van der Waals surface area contributed by atoms with Gasteiger partial charge in [0.1, 0.15) is 11.6 Å². The van der Waals surface area contributed by atoms with Gasteiger partial charge in [-0.05, 0) is 153 Å². The van der Waals surface area contributed by atoms with Crippen molar-refractivity contribution in [1.29, 1.82) is 0 Å². The Morgan fingerprint density at radius 3 is 0.802 bits per heavy atom. The van der Waals surface area contributed by atoms with Gasteiger partial charge in [0.15, 0.2) is 0 Å². The third kappa shape index (κ3) is 75.2. The molecule has 0 unspecified atom stereocenters. The molecule has 0 aromatic rings. The molecule has 0 aliphatic heterocycles. The van der Waals surface area contributed by atoms with Crippen LogP contribution in [0.25, 0.3) is 0 Å². The maximum Gasteiger partial charge on any atom is 0.220 e. The Balaban J connectivity index is 0. The van der Waals surface area contributed by atoms with Crippen LogP contribution in [0.2, 0.25) is 0 Å². The minimum atomic E-state index is 0.109. The average Bonchev–Trinajstić information content (AvgIpc) is 3.47. The summed E-state index contributed by atoms with van der Waals surface area (Å²) in [5.74, 6) is 3.45. The number of ketones is 2. The summed E-state index contributed by atoms with van der Waals surface area (Å²) in [6.07, 6.45) is 104. The highest BCUT2D eigenvalue weighted by Crippen LogP contribution is 2.22. The van der Waals surface area contributed by atoms with E-state index in [0.717, 1.165) is 165 Å². The first-order valence-corrected chi connectivity index (χ1v) is 34.0. The fourth-order valence-electron chi connectivity index (χ4n) is 6.91. The van der Waals surface area contributed by atoms with Crippen LogP contribution in [0.5, 0.6) is 0 Å². The van der Waals surface area contributed by atoms with Crippen molar-refractivity contribution in [3.05, 3.63) is 219 Å². The number of nitrogens with one attached hydrogen (secondary N) is 1. The van der Waals surface area contributed by atoms with E-state index in [1.54, 1.807) is 21.6 Å². The number of amides is 1. The number of hydrogen-bond acceptors (Lipinski definition) is 6. The predicted octanol–water partition coefficient (Wildman–Crippen LogP) is 22.5. The third-order valence-electron chi connectivity index (χ3n) is 11.4. The molecular weight excluding hydrogens is 1050 g/mol. The Kier molecular flexibility index (Phi) is 70.7. The summed E-state index contributed by atoms with van der Waals surface area (Å²) in [6.45, 7) is 7.15. The van der Waals surface area contributed by atoms with Crippen molar-refractivity contribution in [2.24, 2.45) is 0 Å². The Hall–Kier alpha value is -4.82. The number of thiol groups is 1. The standard InChI is InChI=1S/C49H73NO2S2.C25H38OS/c1-3-5-7-9-11-13-15-17-19-21-23-25-27-29-31-33-35-37-39-42-48(51)43-41-46-53-54-47-45-50-49(52)44-40-38-36-34-32-30-28-26-24-22-20-18-16-14-12-10-8-6-4-2;1-2-3-4-5-6-7-8-9-10-11-12-13-14-15-16-17-18-19-20-22-25(26)23-21-24-27/h5-8,11-14,17-20,23-26,29-32,35-38H,3-4,9-10,15-16,21-22,27-28,33-34,39-47H2,1-2H3,(H,50,52);3-4,6-7,9-10,12-13,15-16,18-19,27H,2,5,8,11,14,17,20-24H2,1H3/b7-5-,8-6-,13-11-,14-12-,19-17-,20-18-,25-23-,26-24-,31-29-,32-30-,37-35-,38-36-;4-3-,7-6-,10-9-,13-12-,16-15-,19-18-. The lowest BCUT2D eigenvalue weighted by atomic mass is 10.1. The molecule has 0 atom stereocenters. The second-order valence-electron chi connectivity index (χ2n) is 18.9. The highest BCUT2D eigenvalue weighted by atomic mass is 33.1. The van der Waals surface area contributed by atoms with E-state index < -0.39 is 0 Å². The van der Waals surface area contributed by atoms with Crippen LogP contribution in [0.3, 0.4) is 0 Å². The smallest absolute Gasteiger partial charge is 0.220 e. The number of Topliss-reactive ketones (excluding diaryl/α,β-unsaturated/α-hetero) is 2. The van der Waals surface area contributed by atoms with Crippen LogP contribution < -0.4 is 5.32 Å². The normalized spacial score (nSPS) is 13.1. The van der Waals surface area contributed by atoms with Gasteiger partial charge in [0.25, 0.3) is 0 Å². The van der Waals surface area contributed by atoms with Crippen molar-refractivity contribution in [1.82, 2.24) is 5.32 Å². The van der Waals surface area contributed by atoms with Gasteiger partial charge in [-0.1, -0.05) is 261 Å². The van der Waals surface area contributed by atoms with Crippen LogP contribution in [0.4, 0.5) is 0 Å². The van der Waals surface area contributed by atoms with Gasteiger partial charge >= 0.3 is 0 Å². The maximum absolute atomic E-state index is 12.2. The van der Waals surface area contributed by atoms with Crippen LogP contribution in [-0.2, 0) is 14.4 Å².